The fourth-order valence-electron chi connectivity index (χ4n) is 4.25. The molecule has 2 aliphatic rings. The van der Waals surface area contributed by atoms with Gasteiger partial charge in [0.15, 0.2) is 0 Å². The van der Waals surface area contributed by atoms with E-state index >= 15 is 0 Å². The molecule has 1 aromatic carbocycles. The molecule has 1 saturated heterocycles. The van der Waals surface area contributed by atoms with Crippen molar-refractivity contribution >= 4 is 40.7 Å². The molecule has 28 heavy (non-hydrogen) atoms. The van der Waals surface area contributed by atoms with Crippen molar-refractivity contribution in [2.75, 3.05) is 30.8 Å². The number of carbonyl (C=O) groups excluding carboxylic acids is 2. The number of halogens is 2. The Bertz CT molecular complexity index is 702. The molecule has 1 saturated carbocycles. The fraction of sp³-hybridized carbons (Fsp3) is 0.619. The van der Waals surface area contributed by atoms with Crippen LogP contribution in [0.15, 0.2) is 24.3 Å². The summed E-state index contributed by atoms with van der Waals surface area (Å²) in [4.78, 5) is 26.8. The fourth-order valence-corrected chi connectivity index (χ4v) is 4.47. The zero-order chi connectivity index (χ0) is 20.3. The molecule has 0 bridgehead atoms. The maximum absolute atomic E-state index is 13.4. The van der Waals surface area contributed by atoms with Gasteiger partial charge in [-0.3, -0.25) is 9.59 Å². The van der Waals surface area contributed by atoms with Gasteiger partial charge in [-0.25, -0.2) is 0 Å². The Hall–Kier alpha value is -1.46. The second kappa shape index (κ2) is 8.91. The lowest BCUT2D eigenvalue weighted by molar-refractivity contribution is -0.135. The summed E-state index contributed by atoms with van der Waals surface area (Å²) in [5.41, 5.74) is 0.418. The summed E-state index contributed by atoms with van der Waals surface area (Å²) in [5.74, 6) is 1.22. The van der Waals surface area contributed by atoms with Crippen LogP contribution in [0.2, 0.25) is 5.02 Å². The number of hydrogen-bond acceptors (Lipinski definition) is 3. The molecule has 0 aromatic heterocycles. The number of alkyl halides is 1. The van der Waals surface area contributed by atoms with Crippen LogP contribution < -0.4 is 10.6 Å². The van der Waals surface area contributed by atoms with Crippen LogP contribution in [0.25, 0.3) is 0 Å². The molecule has 2 fully saturated rings. The van der Waals surface area contributed by atoms with Crippen LogP contribution in [0.4, 0.5) is 5.69 Å². The topological polar surface area (TPSA) is 61.4 Å². The van der Waals surface area contributed by atoms with Gasteiger partial charge in [0.1, 0.15) is 11.4 Å². The largest absolute Gasteiger partial charge is 0.371 e. The summed E-state index contributed by atoms with van der Waals surface area (Å²) in [6.07, 6.45) is 2.66. The van der Waals surface area contributed by atoms with Gasteiger partial charge in [0.05, 0.1) is 0 Å². The number of nitrogens with one attached hydrogen (secondary N) is 2. The summed E-state index contributed by atoms with van der Waals surface area (Å²) in [5, 5.41) is 7.06. The van der Waals surface area contributed by atoms with E-state index in [1.165, 1.54) is 0 Å². The Morgan fingerprint density at radius 3 is 2.39 bits per heavy atom. The van der Waals surface area contributed by atoms with Crippen molar-refractivity contribution in [3.05, 3.63) is 29.3 Å². The Labute approximate surface area is 177 Å². The van der Waals surface area contributed by atoms with E-state index in [-0.39, 0.29) is 17.7 Å². The number of amides is 2. The van der Waals surface area contributed by atoms with Crippen LogP contribution in [0.5, 0.6) is 0 Å². The van der Waals surface area contributed by atoms with Crippen molar-refractivity contribution in [3.63, 3.8) is 0 Å². The molecule has 0 spiro atoms. The zero-order valence-corrected chi connectivity index (χ0v) is 18.0. The minimum atomic E-state index is -0.512. The average Bonchev–Trinajstić information content (AvgIpc) is 3.43. The van der Waals surface area contributed by atoms with Crippen molar-refractivity contribution in [1.82, 2.24) is 10.2 Å². The summed E-state index contributed by atoms with van der Waals surface area (Å²) in [6.45, 7) is 6.45. The Balaban J connectivity index is 1.62. The number of anilines is 1. The number of carbonyl (C=O) groups is 2. The van der Waals surface area contributed by atoms with Gasteiger partial charge >= 0.3 is 0 Å². The maximum Gasteiger partial charge on any atom is 0.248 e. The van der Waals surface area contributed by atoms with E-state index in [0.717, 1.165) is 38.0 Å². The SMILES string of the molecule is CC(C)[C@H]1CC1(Nc1ccc(Cl)cc1)C(=O)N1CCC(CNC(=O)CCl)CC1. The minimum absolute atomic E-state index is 0.00713. The third-order valence-electron chi connectivity index (χ3n) is 6.02. The van der Waals surface area contributed by atoms with Gasteiger partial charge < -0.3 is 15.5 Å². The number of hydrogen-bond donors (Lipinski definition) is 2. The summed E-state index contributed by atoms with van der Waals surface area (Å²) in [7, 11) is 0. The first-order valence-electron chi connectivity index (χ1n) is 10.0. The first kappa shape index (κ1) is 21.3. The highest BCUT2D eigenvalue weighted by Gasteiger charge is 2.62. The van der Waals surface area contributed by atoms with E-state index in [4.69, 9.17) is 23.2 Å². The average molecular weight is 426 g/mol. The Morgan fingerprint density at radius 2 is 1.86 bits per heavy atom. The molecule has 0 radical (unpaired) electrons. The van der Waals surface area contributed by atoms with Gasteiger partial charge in [-0.15, -0.1) is 11.6 Å². The molecule has 2 N–H and O–H groups in total. The van der Waals surface area contributed by atoms with Gasteiger partial charge in [-0.05, 0) is 61.3 Å². The summed E-state index contributed by atoms with van der Waals surface area (Å²) < 4.78 is 0. The third kappa shape index (κ3) is 4.74. The quantitative estimate of drug-likeness (QED) is 0.653. The van der Waals surface area contributed by atoms with E-state index in [1.54, 1.807) is 0 Å². The van der Waals surface area contributed by atoms with Crippen LogP contribution >= 0.6 is 23.2 Å². The zero-order valence-electron chi connectivity index (χ0n) is 16.5. The van der Waals surface area contributed by atoms with Crippen molar-refractivity contribution in [2.24, 2.45) is 17.8 Å². The Morgan fingerprint density at radius 1 is 1.21 bits per heavy atom. The molecule has 2 atom stereocenters. The van der Waals surface area contributed by atoms with Crippen LogP contribution in [0, 0.1) is 17.8 Å². The van der Waals surface area contributed by atoms with E-state index in [0.29, 0.717) is 29.3 Å². The number of piperidine rings is 1. The smallest absolute Gasteiger partial charge is 0.248 e. The third-order valence-corrected chi connectivity index (χ3v) is 6.52. The van der Waals surface area contributed by atoms with Gasteiger partial charge in [0, 0.05) is 30.3 Å². The van der Waals surface area contributed by atoms with Gasteiger partial charge in [0.25, 0.3) is 0 Å². The number of benzene rings is 1. The molecule has 1 aliphatic heterocycles. The van der Waals surface area contributed by atoms with Crippen LogP contribution in [0.3, 0.4) is 0 Å². The van der Waals surface area contributed by atoms with E-state index in [2.05, 4.69) is 24.5 Å². The highest BCUT2D eigenvalue weighted by molar-refractivity contribution is 6.30. The molecule has 1 unspecified atom stereocenters. The standard InChI is InChI=1S/C21H29Cl2N3O2/c1-14(2)18-11-21(18,25-17-5-3-16(23)4-6-17)20(28)26-9-7-15(8-10-26)13-24-19(27)12-22/h3-6,14-15,18,25H,7-13H2,1-2H3,(H,24,27)/t18-,21?/m1/s1. The molecule has 3 rings (SSSR count). The number of nitrogens with zero attached hydrogens (tertiary/aromatic N) is 1. The number of rotatable bonds is 7. The highest BCUT2D eigenvalue weighted by atomic mass is 35.5. The lowest BCUT2D eigenvalue weighted by atomic mass is 9.95. The lowest BCUT2D eigenvalue weighted by Crippen LogP contribution is -2.50. The summed E-state index contributed by atoms with van der Waals surface area (Å²) in [6, 6.07) is 7.54. The van der Waals surface area contributed by atoms with Crippen molar-refractivity contribution in [2.45, 2.75) is 38.6 Å². The van der Waals surface area contributed by atoms with Gasteiger partial charge in [-0.1, -0.05) is 25.4 Å². The van der Waals surface area contributed by atoms with Crippen molar-refractivity contribution in [3.8, 4) is 0 Å². The van der Waals surface area contributed by atoms with E-state index < -0.39 is 5.54 Å². The van der Waals surface area contributed by atoms with Crippen LogP contribution in [-0.4, -0.2) is 47.8 Å². The van der Waals surface area contributed by atoms with E-state index in [9.17, 15) is 9.59 Å². The molecule has 154 valence electrons. The molecule has 1 heterocycles. The van der Waals surface area contributed by atoms with Gasteiger partial charge in [-0.2, -0.15) is 0 Å². The molecule has 1 aromatic rings. The predicted molar refractivity (Wildman–Crippen MR) is 114 cm³/mol. The first-order chi connectivity index (χ1) is 13.4. The normalized spacial score (nSPS) is 24.9. The molecular formula is C21H29Cl2N3O2. The maximum atomic E-state index is 13.4. The van der Waals surface area contributed by atoms with Gasteiger partial charge in [0.2, 0.25) is 11.8 Å². The van der Waals surface area contributed by atoms with Crippen molar-refractivity contribution in [1.29, 1.82) is 0 Å². The second-order valence-electron chi connectivity index (χ2n) is 8.33. The van der Waals surface area contributed by atoms with E-state index in [1.807, 2.05) is 29.2 Å². The van der Waals surface area contributed by atoms with Crippen LogP contribution in [-0.2, 0) is 9.59 Å². The second-order valence-corrected chi connectivity index (χ2v) is 9.03. The Kier molecular flexibility index (Phi) is 6.77. The highest BCUT2D eigenvalue weighted by Crippen LogP contribution is 2.52. The van der Waals surface area contributed by atoms with Crippen molar-refractivity contribution < 1.29 is 9.59 Å². The van der Waals surface area contributed by atoms with Crippen LogP contribution in [0.1, 0.15) is 33.1 Å². The number of likely N-dealkylation sites (tertiary alicyclic amines) is 1. The first-order valence-corrected chi connectivity index (χ1v) is 10.9. The lowest BCUT2D eigenvalue weighted by Gasteiger charge is -2.35. The molecular weight excluding hydrogens is 397 g/mol. The monoisotopic (exact) mass is 425 g/mol. The molecule has 7 heteroatoms. The molecule has 1 aliphatic carbocycles. The molecule has 5 nitrogen and oxygen atoms in total. The summed E-state index contributed by atoms with van der Waals surface area (Å²) >= 11 is 11.5. The predicted octanol–water partition coefficient (Wildman–Crippen LogP) is 3.76. The molecule has 2 amide bonds. The minimum Gasteiger partial charge on any atom is -0.371 e.